The van der Waals surface area contributed by atoms with Crippen LogP contribution >= 0.6 is 11.3 Å². The van der Waals surface area contributed by atoms with Gasteiger partial charge in [0.15, 0.2) is 0 Å². The number of hydrogen-bond acceptors (Lipinski definition) is 4. The molecule has 1 atom stereocenters. The Balaban J connectivity index is 1.32. The Morgan fingerprint density at radius 2 is 1.81 bits per heavy atom. The average molecular weight is 369 g/mol. The second-order valence-corrected chi connectivity index (χ2v) is 8.12. The van der Waals surface area contributed by atoms with Gasteiger partial charge in [0.05, 0.1) is 5.51 Å². The fraction of sp³-hybridized carbons (Fsp3) is 0.450. The molecule has 5 nitrogen and oxygen atoms in total. The van der Waals surface area contributed by atoms with Crippen LogP contribution in [0.15, 0.2) is 41.2 Å². The highest BCUT2D eigenvalue weighted by molar-refractivity contribution is 7.07. The van der Waals surface area contributed by atoms with Gasteiger partial charge in [-0.3, -0.25) is 9.59 Å². The van der Waals surface area contributed by atoms with Crippen molar-refractivity contribution in [3.8, 4) is 0 Å². The molecule has 1 spiro atoms. The topological polar surface area (TPSA) is 53.5 Å². The smallest absolute Gasteiger partial charge is 0.273 e. The van der Waals surface area contributed by atoms with Crippen LogP contribution in [-0.2, 0) is 11.2 Å². The highest BCUT2D eigenvalue weighted by Gasteiger charge is 2.46. The van der Waals surface area contributed by atoms with Gasteiger partial charge in [0.2, 0.25) is 5.91 Å². The monoisotopic (exact) mass is 369 g/mol. The molecule has 1 aromatic carbocycles. The van der Waals surface area contributed by atoms with E-state index in [2.05, 4.69) is 17.1 Å². The molecule has 0 aliphatic carbocycles. The number of aromatic nitrogens is 1. The van der Waals surface area contributed by atoms with Crippen molar-refractivity contribution in [2.75, 3.05) is 26.2 Å². The van der Waals surface area contributed by atoms with Crippen LogP contribution in [0.25, 0.3) is 0 Å². The zero-order chi connectivity index (χ0) is 18.0. The maximum atomic E-state index is 12.6. The van der Waals surface area contributed by atoms with Gasteiger partial charge in [-0.15, -0.1) is 11.3 Å². The molecule has 26 heavy (non-hydrogen) atoms. The Morgan fingerprint density at radius 1 is 1.08 bits per heavy atom. The Labute approximate surface area is 157 Å². The maximum absolute atomic E-state index is 12.6. The summed E-state index contributed by atoms with van der Waals surface area (Å²) >= 11 is 1.45. The molecule has 6 heteroatoms. The van der Waals surface area contributed by atoms with E-state index >= 15 is 0 Å². The van der Waals surface area contributed by atoms with Gasteiger partial charge in [-0.05, 0) is 24.8 Å². The van der Waals surface area contributed by atoms with Crippen LogP contribution in [0.1, 0.15) is 35.3 Å². The summed E-state index contributed by atoms with van der Waals surface area (Å²) in [5, 5.41) is 1.81. The summed E-state index contributed by atoms with van der Waals surface area (Å²) in [5.74, 6) is 0.256. The quantitative estimate of drug-likeness (QED) is 0.833. The number of thiazole rings is 1. The van der Waals surface area contributed by atoms with E-state index in [0.717, 1.165) is 45.4 Å². The minimum Gasteiger partial charge on any atom is -0.342 e. The van der Waals surface area contributed by atoms with Crippen LogP contribution in [0, 0.1) is 5.41 Å². The first-order chi connectivity index (χ1) is 12.7. The van der Waals surface area contributed by atoms with E-state index in [1.807, 2.05) is 28.0 Å². The molecule has 2 fully saturated rings. The third-order valence-corrected chi connectivity index (χ3v) is 6.22. The van der Waals surface area contributed by atoms with Gasteiger partial charge in [0, 0.05) is 43.4 Å². The van der Waals surface area contributed by atoms with E-state index in [1.165, 1.54) is 16.9 Å². The summed E-state index contributed by atoms with van der Waals surface area (Å²) in [6.45, 7) is 3.10. The summed E-state index contributed by atoms with van der Waals surface area (Å²) in [5.41, 5.74) is 3.52. The second kappa shape index (κ2) is 7.19. The molecule has 3 heterocycles. The third-order valence-electron chi connectivity index (χ3n) is 5.64. The van der Waals surface area contributed by atoms with Crippen molar-refractivity contribution in [3.05, 3.63) is 52.5 Å². The summed E-state index contributed by atoms with van der Waals surface area (Å²) in [7, 11) is 0. The molecule has 2 aromatic rings. The molecule has 4 rings (SSSR count). The Hall–Kier alpha value is -2.21. The first-order valence-corrected chi connectivity index (χ1v) is 10.1. The van der Waals surface area contributed by atoms with Gasteiger partial charge in [0.25, 0.3) is 5.91 Å². The number of carbonyl (C=O) groups is 2. The number of aryl methyl sites for hydroxylation is 1. The molecule has 0 saturated carbocycles. The number of likely N-dealkylation sites (tertiary alicyclic amines) is 2. The highest BCUT2D eigenvalue weighted by Crippen LogP contribution is 2.40. The van der Waals surface area contributed by atoms with Crippen LogP contribution in [0.5, 0.6) is 0 Å². The van der Waals surface area contributed by atoms with E-state index in [4.69, 9.17) is 0 Å². The molecule has 0 N–H and O–H groups in total. The molecular formula is C20H23N3O2S. The minimum atomic E-state index is 0.0250. The average Bonchev–Trinajstić information content (AvgIpc) is 3.42. The van der Waals surface area contributed by atoms with Crippen LogP contribution < -0.4 is 0 Å². The summed E-state index contributed by atoms with van der Waals surface area (Å²) in [4.78, 5) is 33.2. The van der Waals surface area contributed by atoms with Gasteiger partial charge in [-0.1, -0.05) is 30.3 Å². The van der Waals surface area contributed by atoms with Crippen LogP contribution in [-0.4, -0.2) is 52.8 Å². The van der Waals surface area contributed by atoms with E-state index in [9.17, 15) is 9.59 Å². The molecule has 2 aliphatic rings. The van der Waals surface area contributed by atoms with Crippen molar-refractivity contribution in [1.82, 2.24) is 14.8 Å². The first-order valence-electron chi connectivity index (χ1n) is 9.14. The minimum absolute atomic E-state index is 0.0250. The van der Waals surface area contributed by atoms with Gasteiger partial charge in [-0.2, -0.15) is 0 Å². The summed E-state index contributed by atoms with van der Waals surface area (Å²) in [6, 6.07) is 10.2. The molecule has 0 bridgehead atoms. The Kier molecular flexibility index (Phi) is 4.76. The first kappa shape index (κ1) is 17.2. The zero-order valence-corrected chi connectivity index (χ0v) is 15.6. The highest BCUT2D eigenvalue weighted by atomic mass is 32.1. The molecule has 2 saturated heterocycles. The molecule has 1 aromatic heterocycles. The van der Waals surface area contributed by atoms with Gasteiger partial charge < -0.3 is 9.80 Å². The lowest BCUT2D eigenvalue weighted by atomic mass is 9.86. The second-order valence-electron chi connectivity index (χ2n) is 7.40. The van der Waals surface area contributed by atoms with Crippen molar-refractivity contribution < 1.29 is 9.59 Å². The maximum Gasteiger partial charge on any atom is 0.273 e. The molecule has 2 aliphatic heterocycles. The number of benzene rings is 1. The van der Waals surface area contributed by atoms with E-state index in [0.29, 0.717) is 12.1 Å². The number of carbonyl (C=O) groups excluding carboxylic acids is 2. The predicted molar refractivity (Wildman–Crippen MR) is 101 cm³/mol. The lowest BCUT2D eigenvalue weighted by molar-refractivity contribution is -0.130. The van der Waals surface area contributed by atoms with Crippen LogP contribution in [0.2, 0.25) is 0 Å². The number of amides is 2. The number of rotatable bonds is 4. The normalized spacial score (nSPS) is 22.3. The zero-order valence-electron chi connectivity index (χ0n) is 14.8. The number of hydrogen-bond donors (Lipinski definition) is 0. The van der Waals surface area contributed by atoms with Gasteiger partial charge in [-0.25, -0.2) is 4.98 Å². The Morgan fingerprint density at radius 3 is 2.54 bits per heavy atom. The molecule has 1 unspecified atom stereocenters. The fourth-order valence-corrected chi connectivity index (χ4v) is 4.65. The van der Waals surface area contributed by atoms with E-state index < -0.39 is 0 Å². The summed E-state index contributed by atoms with van der Waals surface area (Å²) in [6.07, 6.45) is 3.31. The van der Waals surface area contributed by atoms with E-state index in [-0.39, 0.29) is 17.2 Å². The lowest BCUT2D eigenvalue weighted by Crippen LogP contribution is -2.35. The molecule has 136 valence electrons. The lowest BCUT2D eigenvalue weighted by Gasteiger charge is -2.24. The van der Waals surface area contributed by atoms with E-state index in [1.54, 1.807) is 10.9 Å². The largest absolute Gasteiger partial charge is 0.342 e. The van der Waals surface area contributed by atoms with Crippen molar-refractivity contribution >= 4 is 23.2 Å². The molecule has 0 radical (unpaired) electrons. The van der Waals surface area contributed by atoms with Crippen molar-refractivity contribution in [2.45, 2.75) is 25.7 Å². The van der Waals surface area contributed by atoms with Gasteiger partial charge >= 0.3 is 0 Å². The fourth-order valence-electron chi connectivity index (χ4n) is 4.12. The van der Waals surface area contributed by atoms with Crippen molar-refractivity contribution in [1.29, 1.82) is 0 Å². The summed E-state index contributed by atoms with van der Waals surface area (Å²) < 4.78 is 0. The molecular weight excluding hydrogens is 346 g/mol. The van der Waals surface area contributed by atoms with Crippen molar-refractivity contribution in [3.63, 3.8) is 0 Å². The predicted octanol–water partition coefficient (Wildman–Crippen LogP) is 2.84. The standard InChI is InChI=1S/C20H23N3O2S/c24-18(7-6-16-4-2-1-3-5-16)22-10-8-20(13-22)9-11-23(14-20)19(25)17-12-26-15-21-17/h1-5,12,15H,6-11,13-14H2. The SMILES string of the molecule is O=C(CCc1ccccc1)N1CCC2(CCN(C(=O)c3cscn3)C2)C1. The molecule has 2 amide bonds. The third kappa shape index (κ3) is 3.51. The van der Waals surface area contributed by atoms with Gasteiger partial charge in [0.1, 0.15) is 5.69 Å². The number of nitrogens with zero attached hydrogens (tertiary/aromatic N) is 3. The van der Waals surface area contributed by atoms with Crippen LogP contribution in [0.4, 0.5) is 0 Å². The van der Waals surface area contributed by atoms with Crippen LogP contribution in [0.3, 0.4) is 0 Å². The Bertz CT molecular complexity index is 778. The van der Waals surface area contributed by atoms with Crippen molar-refractivity contribution in [2.24, 2.45) is 5.41 Å².